The highest BCUT2D eigenvalue weighted by molar-refractivity contribution is 9.10. The lowest BCUT2D eigenvalue weighted by molar-refractivity contribution is 0.355. The quantitative estimate of drug-likeness (QED) is 0.798. The second-order valence-electron chi connectivity index (χ2n) is 4.27. The van der Waals surface area contributed by atoms with Gasteiger partial charge in [0.25, 0.3) is 5.78 Å². The van der Waals surface area contributed by atoms with Crippen LogP contribution in [0, 0.1) is 6.92 Å². The number of hydrogen-bond donors (Lipinski definition) is 1. The number of fused-ring (bicyclic) bond motifs is 1. The first kappa shape index (κ1) is 13.0. The molecular formula is C13H13BrN4O2. The first-order valence-electron chi connectivity index (χ1n) is 5.97. The summed E-state index contributed by atoms with van der Waals surface area (Å²) in [4.78, 5) is 8.82. The van der Waals surface area contributed by atoms with Crippen LogP contribution >= 0.6 is 15.9 Å². The molecular weight excluding hydrogens is 324 g/mol. The van der Waals surface area contributed by atoms with Crippen LogP contribution in [0.25, 0.3) is 17.2 Å². The van der Waals surface area contributed by atoms with Gasteiger partial charge in [-0.05, 0) is 41.1 Å². The normalized spacial score (nSPS) is 11.0. The number of aromatic amines is 1. The lowest BCUT2D eigenvalue weighted by Gasteiger charge is -2.08. The van der Waals surface area contributed by atoms with Crippen molar-refractivity contribution in [3.63, 3.8) is 0 Å². The van der Waals surface area contributed by atoms with Gasteiger partial charge in [-0.1, -0.05) is 0 Å². The summed E-state index contributed by atoms with van der Waals surface area (Å²) in [7, 11) is 3.22. The number of imidazole rings is 1. The van der Waals surface area contributed by atoms with Gasteiger partial charge in [-0.2, -0.15) is 4.98 Å². The highest BCUT2D eigenvalue weighted by Gasteiger charge is 2.13. The van der Waals surface area contributed by atoms with Gasteiger partial charge in [-0.25, -0.2) is 9.50 Å². The molecule has 2 heterocycles. The molecule has 0 unspecified atom stereocenters. The first-order chi connectivity index (χ1) is 9.63. The number of ether oxygens (including phenoxy) is 2. The van der Waals surface area contributed by atoms with Gasteiger partial charge in [-0.15, -0.1) is 0 Å². The molecule has 3 aromatic rings. The summed E-state index contributed by atoms with van der Waals surface area (Å²) in [6.07, 6.45) is 0. The van der Waals surface area contributed by atoms with Gasteiger partial charge < -0.3 is 9.47 Å². The van der Waals surface area contributed by atoms with E-state index in [1.807, 2.05) is 25.1 Å². The minimum atomic E-state index is 0.624. The van der Waals surface area contributed by atoms with Gasteiger partial charge in [0, 0.05) is 5.56 Å². The lowest BCUT2D eigenvalue weighted by Crippen LogP contribution is -1.92. The second kappa shape index (κ2) is 4.82. The van der Waals surface area contributed by atoms with Crippen molar-refractivity contribution in [1.82, 2.24) is 19.6 Å². The van der Waals surface area contributed by atoms with Gasteiger partial charge in [-0.3, -0.25) is 5.10 Å². The van der Waals surface area contributed by atoms with Crippen LogP contribution in [-0.2, 0) is 0 Å². The zero-order valence-corrected chi connectivity index (χ0v) is 12.9. The fraction of sp³-hybridized carbons (Fsp3) is 0.231. The third kappa shape index (κ3) is 1.94. The molecule has 0 aliphatic heterocycles. The summed E-state index contributed by atoms with van der Waals surface area (Å²) < 4.78 is 13.2. The van der Waals surface area contributed by atoms with Gasteiger partial charge in [0.05, 0.1) is 19.9 Å². The van der Waals surface area contributed by atoms with Crippen LogP contribution in [0.3, 0.4) is 0 Å². The first-order valence-corrected chi connectivity index (χ1v) is 6.76. The van der Waals surface area contributed by atoms with Gasteiger partial charge in [0.1, 0.15) is 4.60 Å². The average Bonchev–Trinajstić information content (AvgIpc) is 2.99. The smallest absolute Gasteiger partial charge is 0.252 e. The lowest BCUT2D eigenvalue weighted by atomic mass is 10.2. The molecule has 0 aliphatic carbocycles. The van der Waals surface area contributed by atoms with Crippen LogP contribution in [0.2, 0.25) is 0 Å². The summed E-state index contributed by atoms with van der Waals surface area (Å²) in [6, 6.07) is 5.64. The molecule has 1 N–H and O–H groups in total. The van der Waals surface area contributed by atoms with E-state index in [-0.39, 0.29) is 0 Å². The molecule has 0 fully saturated rings. The van der Waals surface area contributed by atoms with Gasteiger partial charge in [0.15, 0.2) is 17.3 Å². The van der Waals surface area contributed by atoms with Crippen LogP contribution in [0.15, 0.2) is 22.8 Å². The SMILES string of the molecule is COc1ccc(-c2nc3nc(C)c(Br)n3[nH]2)cc1OC. The highest BCUT2D eigenvalue weighted by atomic mass is 79.9. The Morgan fingerprint density at radius 3 is 2.55 bits per heavy atom. The van der Waals surface area contributed by atoms with E-state index in [1.54, 1.807) is 18.7 Å². The van der Waals surface area contributed by atoms with E-state index in [9.17, 15) is 0 Å². The topological polar surface area (TPSA) is 64.4 Å². The van der Waals surface area contributed by atoms with E-state index in [2.05, 4.69) is 31.0 Å². The maximum atomic E-state index is 5.30. The van der Waals surface area contributed by atoms with Crippen molar-refractivity contribution >= 4 is 21.7 Å². The number of benzene rings is 1. The molecule has 6 nitrogen and oxygen atoms in total. The molecule has 0 radical (unpaired) electrons. The number of aromatic nitrogens is 4. The number of hydrogen-bond acceptors (Lipinski definition) is 4. The Kier molecular flexibility index (Phi) is 3.13. The number of H-pyrrole nitrogens is 1. The molecule has 0 saturated heterocycles. The third-order valence-corrected chi connectivity index (χ3v) is 3.98. The monoisotopic (exact) mass is 336 g/mol. The van der Waals surface area contributed by atoms with E-state index < -0.39 is 0 Å². The van der Waals surface area contributed by atoms with Gasteiger partial charge >= 0.3 is 0 Å². The van der Waals surface area contributed by atoms with E-state index in [4.69, 9.17) is 9.47 Å². The number of halogens is 1. The predicted molar refractivity (Wildman–Crippen MR) is 78.3 cm³/mol. The van der Waals surface area contributed by atoms with Crippen LogP contribution < -0.4 is 9.47 Å². The van der Waals surface area contributed by atoms with Crippen molar-refractivity contribution in [2.75, 3.05) is 14.2 Å². The van der Waals surface area contributed by atoms with E-state index in [1.165, 1.54) is 0 Å². The summed E-state index contributed by atoms with van der Waals surface area (Å²) in [5, 5.41) is 3.19. The molecule has 0 aliphatic rings. The van der Waals surface area contributed by atoms with E-state index >= 15 is 0 Å². The Labute approximate surface area is 123 Å². The molecule has 20 heavy (non-hydrogen) atoms. The molecule has 0 amide bonds. The zero-order valence-electron chi connectivity index (χ0n) is 11.3. The Morgan fingerprint density at radius 1 is 1.15 bits per heavy atom. The summed E-state index contributed by atoms with van der Waals surface area (Å²) in [5.74, 6) is 2.69. The molecule has 104 valence electrons. The highest BCUT2D eigenvalue weighted by Crippen LogP contribution is 2.31. The van der Waals surface area contributed by atoms with E-state index in [0.29, 0.717) is 23.1 Å². The standard InChI is InChI=1S/C13H13BrN4O2/c1-7-11(14)18-13(15-7)16-12(17-18)8-4-5-9(19-2)10(6-8)20-3/h4-6H,1-3H3,(H,15,16,17). The fourth-order valence-corrected chi connectivity index (χ4v) is 2.35. The molecule has 0 bridgehead atoms. The number of nitrogens with one attached hydrogen (secondary N) is 1. The number of rotatable bonds is 3. The van der Waals surface area contributed by atoms with Crippen LogP contribution in [0.4, 0.5) is 0 Å². The largest absolute Gasteiger partial charge is 0.493 e. The Bertz CT molecular complexity index is 778. The number of methoxy groups -OCH3 is 2. The maximum absolute atomic E-state index is 5.30. The Morgan fingerprint density at radius 2 is 1.90 bits per heavy atom. The molecule has 3 rings (SSSR count). The van der Waals surface area contributed by atoms with Crippen LogP contribution in [0.5, 0.6) is 11.5 Å². The Balaban J connectivity index is 2.10. The van der Waals surface area contributed by atoms with Crippen molar-refractivity contribution in [3.05, 3.63) is 28.5 Å². The maximum Gasteiger partial charge on any atom is 0.252 e. The average molecular weight is 337 g/mol. The number of nitrogens with zero attached hydrogens (tertiary/aromatic N) is 3. The number of aryl methyl sites for hydroxylation is 1. The minimum absolute atomic E-state index is 0.624. The summed E-state index contributed by atoms with van der Waals surface area (Å²) in [5.41, 5.74) is 1.79. The van der Waals surface area contributed by atoms with Crippen molar-refractivity contribution in [2.45, 2.75) is 6.92 Å². The zero-order chi connectivity index (χ0) is 14.3. The molecule has 0 spiro atoms. The summed E-state index contributed by atoms with van der Waals surface area (Å²) >= 11 is 3.47. The summed E-state index contributed by atoms with van der Waals surface area (Å²) in [6.45, 7) is 1.92. The van der Waals surface area contributed by atoms with Crippen molar-refractivity contribution in [3.8, 4) is 22.9 Å². The van der Waals surface area contributed by atoms with Crippen LogP contribution in [-0.4, -0.2) is 33.8 Å². The van der Waals surface area contributed by atoms with Crippen LogP contribution in [0.1, 0.15) is 5.69 Å². The molecule has 1 aromatic carbocycles. The fourth-order valence-electron chi connectivity index (χ4n) is 2.01. The minimum Gasteiger partial charge on any atom is -0.493 e. The van der Waals surface area contributed by atoms with Gasteiger partial charge in [0.2, 0.25) is 0 Å². The molecule has 0 atom stereocenters. The van der Waals surface area contributed by atoms with E-state index in [0.717, 1.165) is 15.9 Å². The second-order valence-corrected chi connectivity index (χ2v) is 5.02. The predicted octanol–water partition coefficient (Wildman–Crippen LogP) is 2.81. The molecule has 7 heteroatoms. The van der Waals surface area contributed by atoms with Crippen molar-refractivity contribution < 1.29 is 9.47 Å². The molecule has 2 aromatic heterocycles. The molecule has 0 saturated carbocycles. The Hall–Kier alpha value is -2.02. The van der Waals surface area contributed by atoms with Crippen molar-refractivity contribution in [1.29, 1.82) is 0 Å². The van der Waals surface area contributed by atoms with Crippen molar-refractivity contribution in [2.24, 2.45) is 0 Å². The third-order valence-electron chi connectivity index (χ3n) is 3.05.